The second-order valence-corrected chi connectivity index (χ2v) is 3.98. The summed E-state index contributed by atoms with van der Waals surface area (Å²) in [6.45, 7) is 3.87. The van der Waals surface area contributed by atoms with Crippen LogP contribution in [0, 0.1) is 0 Å². The molecule has 0 aliphatic carbocycles. The third kappa shape index (κ3) is 2.23. The number of nitrogens with one attached hydrogen (secondary N) is 1. The van der Waals surface area contributed by atoms with Crippen LogP contribution in [0.1, 0.15) is 18.5 Å². The van der Waals surface area contributed by atoms with Crippen molar-refractivity contribution in [3.05, 3.63) is 48.0 Å². The Morgan fingerprint density at radius 2 is 1.88 bits per heavy atom. The number of rotatable bonds is 4. The van der Waals surface area contributed by atoms with Crippen molar-refractivity contribution in [3.63, 3.8) is 0 Å². The Bertz CT molecular complexity index is 460. The van der Waals surface area contributed by atoms with E-state index in [1.54, 1.807) is 0 Å². The van der Waals surface area contributed by atoms with Crippen LogP contribution in [0.2, 0.25) is 0 Å². The maximum Gasteiger partial charge on any atom is 0.0427 e. The molecular formula is C14H18N2. The van der Waals surface area contributed by atoms with Crippen molar-refractivity contribution in [3.8, 4) is 0 Å². The molecule has 0 saturated heterocycles. The van der Waals surface area contributed by atoms with Crippen LogP contribution in [0.4, 0.5) is 0 Å². The first-order valence-electron chi connectivity index (χ1n) is 5.77. The highest BCUT2D eigenvalue weighted by atomic mass is 14.9. The Labute approximate surface area is 96.5 Å². The molecule has 1 atom stereocenters. The van der Waals surface area contributed by atoms with E-state index in [0.29, 0.717) is 0 Å². The predicted octanol–water partition coefficient (Wildman–Crippen LogP) is 2.45. The minimum Gasteiger partial charge on any atom is -0.323 e. The van der Waals surface area contributed by atoms with Crippen LogP contribution in [0.15, 0.2) is 42.5 Å². The van der Waals surface area contributed by atoms with Crippen LogP contribution in [0.5, 0.6) is 0 Å². The highest BCUT2D eigenvalue weighted by molar-refractivity contribution is 5.86. The molecule has 0 aromatic heterocycles. The third-order valence-corrected chi connectivity index (χ3v) is 2.84. The summed E-state index contributed by atoms with van der Waals surface area (Å²) in [4.78, 5) is 0. The van der Waals surface area contributed by atoms with E-state index in [1.165, 1.54) is 16.3 Å². The fraction of sp³-hybridized carbons (Fsp3) is 0.286. The highest BCUT2D eigenvalue weighted by Gasteiger charge is 2.08. The van der Waals surface area contributed by atoms with E-state index in [0.717, 1.165) is 13.1 Å². The molecular weight excluding hydrogens is 196 g/mol. The normalized spacial score (nSPS) is 12.9. The molecule has 0 aliphatic rings. The monoisotopic (exact) mass is 214 g/mol. The number of fused-ring (bicyclic) bond motifs is 1. The standard InChI is InChI=1S/C14H18N2/c1-2-16-10-14(15)13-9-5-7-11-6-3-4-8-12(11)13/h3-9,14,16H,2,10,15H2,1H3. The van der Waals surface area contributed by atoms with Gasteiger partial charge in [0.05, 0.1) is 0 Å². The fourth-order valence-corrected chi connectivity index (χ4v) is 1.98. The van der Waals surface area contributed by atoms with Gasteiger partial charge in [-0.15, -0.1) is 0 Å². The lowest BCUT2D eigenvalue weighted by molar-refractivity contribution is 0.619. The van der Waals surface area contributed by atoms with Crippen LogP contribution < -0.4 is 11.1 Å². The van der Waals surface area contributed by atoms with Gasteiger partial charge in [-0.3, -0.25) is 0 Å². The first-order valence-corrected chi connectivity index (χ1v) is 5.77. The minimum absolute atomic E-state index is 0.0612. The molecule has 2 rings (SSSR count). The second kappa shape index (κ2) is 5.10. The van der Waals surface area contributed by atoms with Crippen LogP contribution in [-0.4, -0.2) is 13.1 Å². The van der Waals surface area contributed by atoms with Gasteiger partial charge in [-0.1, -0.05) is 49.4 Å². The third-order valence-electron chi connectivity index (χ3n) is 2.84. The van der Waals surface area contributed by atoms with Crippen molar-refractivity contribution in [2.75, 3.05) is 13.1 Å². The van der Waals surface area contributed by atoms with E-state index < -0.39 is 0 Å². The summed E-state index contributed by atoms with van der Waals surface area (Å²) >= 11 is 0. The molecule has 2 aromatic carbocycles. The molecule has 2 aromatic rings. The Kier molecular flexibility index (Phi) is 3.54. The van der Waals surface area contributed by atoms with E-state index in [9.17, 15) is 0 Å². The van der Waals surface area contributed by atoms with Crippen molar-refractivity contribution < 1.29 is 0 Å². The van der Waals surface area contributed by atoms with E-state index in [2.05, 4.69) is 54.7 Å². The number of likely N-dealkylation sites (N-methyl/N-ethyl adjacent to an activating group) is 1. The van der Waals surface area contributed by atoms with E-state index >= 15 is 0 Å². The molecule has 2 nitrogen and oxygen atoms in total. The first kappa shape index (κ1) is 11.1. The summed E-state index contributed by atoms with van der Waals surface area (Å²) in [5, 5.41) is 5.80. The molecule has 0 spiro atoms. The van der Waals surface area contributed by atoms with Crippen LogP contribution in [0.25, 0.3) is 10.8 Å². The number of benzene rings is 2. The zero-order chi connectivity index (χ0) is 11.4. The SMILES string of the molecule is CCNCC(N)c1cccc2ccccc12. The lowest BCUT2D eigenvalue weighted by atomic mass is 9.99. The summed E-state index contributed by atoms with van der Waals surface area (Å²) in [6.07, 6.45) is 0. The van der Waals surface area contributed by atoms with Gasteiger partial charge in [0, 0.05) is 12.6 Å². The van der Waals surface area contributed by atoms with Crippen molar-refractivity contribution >= 4 is 10.8 Å². The molecule has 0 bridgehead atoms. The maximum absolute atomic E-state index is 6.18. The second-order valence-electron chi connectivity index (χ2n) is 3.98. The van der Waals surface area contributed by atoms with E-state index in [1.807, 2.05) is 0 Å². The number of nitrogens with two attached hydrogens (primary N) is 1. The quantitative estimate of drug-likeness (QED) is 0.820. The molecule has 84 valence electrons. The minimum atomic E-state index is 0.0612. The predicted molar refractivity (Wildman–Crippen MR) is 69.4 cm³/mol. The topological polar surface area (TPSA) is 38.0 Å². The molecule has 2 heteroatoms. The van der Waals surface area contributed by atoms with Crippen molar-refractivity contribution in [2.45, 2.75) is 13.0 Å². The number of hydrogen-bond acceptors (Lipinski definition) is 2. The molecule has 0 aliphatic heterocycles. The fourth-order valence-electron chi connectivity index (χ4n) is 1.98. The molecule has 1 unspecified atom stereocenters. The maximum atomic E-state index is 6.18. The van der Waals surface area contributed by atoms with Gasteiger partial charge < -0.3 is 11.1 Å². The van der Waals surface area contributed by atoms with Crippen LogP contribution >= 0.6 is 0 Å². The van der Waals surface area contributed by atoms with Gasteiger partial charge in [-0.2, -0.15) is 0 Å². The lowest BCUT2D eigenvalue weighted by Gasteiger charge is -2.14. The summed E-state index contributed by atoms with van der Waals surface area (Å²) in [5.41, 5.74) is 7.41. The largest absolute Gasteiger partial charge is 0.323 e. The summed E-state index contributed by atoms with van der Waals surface area (Å²) in [7, 11) is 0. The lowest BCUT2D eigenvalue weighted by Crippen LogP contribution is -2.26. The van der Waals surface area contributed by atoms with Crippen LogP contribution in [-0.2, 0) is 0 Å². The van der Waals surface area contributed by atoms with E-state index in [-0.39, 0.29) is 6.04 Å². The van der Waals surface area contributed by atoms with Gasteiger partial charge in [0.1, 0.15) is 0 Å². The molecule has 0 saturated carbocycles. The molecule has 0 heterocycles. The zero-order valence-corrected chi connectivity index (χ0v) is 9.61. The summed E-state index contributed by atoms with van der Waals surface area (Å²) < 4.78 is 0. The molecule has 0 radical (unpaired) electrons. The van der Waals surface area contributed by atoms with E-state index in [4.69, 9.17) is 5.73 Å². The molecule has 16 heavy (non-hydrogen) atoms. The Balaban J connectivity index is 2.36. The summed E-state index contributed by atoms with van der Waals surface area (Å²) in [5.74, 6) is 0. The average molecular weight is 214 g/mol. The summed E-state index contributed by atoms with van der Waals surface area (Å²) in [6, 6.07) is 14.8. The Morgan fingerprint density at radius 3 is 2.69 bits per heavy atom. The Morgan fingerprint density at radius 1 is 1.12 bits per heavy atom. The van der Waals surface area contributed by atoms with Gasteiger partial charge in [0.15, 0.2) is 0 Å². The van der Waals surface area contributed by atoms with Gasteiger partial charge >= 0.3 is 0 Å². The Hall–Kier alpha value is -1.38. The smallest absolute Gasteiger partial charge is 0.0427 e. The average Bonchev–Trinajstić information content (AvgIpc) is 2.35. The van der Waals surface area contributed by atoms with Crippen molar-refractivity contribution in [1.29, 1.82) is 0 Å². The molecule has 3 N–H and O–H groups in total. The zero-order valence-electron chi connectivity index (χ0n) is 9.61. The number of hydrogen-bond donors (Lipinski definition) is 2. The molecule has 0 fully saturated rings. The van der Waals surface area contributed by atoms with Crippen molar-refractivity contribution in [1.82, 2.24) is 5.32 Å². The van der Waals surface area contributed by atoms with Crippen LogP contribution in [0.3, 0.4) is 0 Å². The van der Waals surface area contributed by atoms with Gasteiger partial charge in [-0.05, 0) is 22.9 Å². The van der Waals surface area contributed by atoms with Crippen molar-refractivity contribution in [2.24, 2.45) is 5.73 Å². The van der Waals surface area contributed by atoms with Gasteiger partial charge in [0.25, 0.3) is 0 Å². The van der Waals surface area contributed by atoms with Gasteiger partial charge in [0.2, 0.25) is 0 Å². The first-order chi connectivity index (χ1) is 7.83. The highest BCUT2D eigenvalue weighted by Crippen LogP contribution is 2.22. The molecule has 0 amide bonds. The van der Waals surface area contributed by atoms with Gasteiger partial charge in [-0.25, -0.2) is 0 Å².